The first-order chi connectivity index (χ1) is 12.7. The lowest BCUT2D eigenvalue weighted by molar-refractivity contribution is -0.115. The summed E-state index contributed by atoms with van der Waals surface area (Å²) < 4.78 is 29.1. The van der Waals surface area contributed by atoms with E-state index in [1.54, 1.807) is 12.1 Å². The standard InChI is InChI=1S/C20H22F2N2O3/c1-20(2,3)13-8-10-14(11-9-13)24-17(25)12-23-18(26)15-6-4-5-7-16(15)27-19(21)22/h4-11,19H,12H2,1-3H3,(H,23,26)(H,24,25). The Balaban J connectivity index is 1.93. The first-order valence-corrected chi connectivity index (χ1v) is 8.39. The van der Waals surface area contributed by atoms with Gasteiger partial charge in [0.2, 0.25) is 5.91 Å². The van der Waals surface area contributed by atoms with Gasteiger partial charge in [0, 0.05) is 5.69 Å². The summed E-state index contributed by atoms with van der Waals surface area (Å²) >= 11 is 0. The van der Waals surface area contributed by atoms with E-state index in [1.165, 1.54) is 24.3 Å². The van der Waals surface area contributed by atoms with Crippen LogP contribution in [0.15, 0.2) is 48.5 Å². The van der Waals surface area contributed by atoms with Crippen LogP contribution >= 0.6 is 0 Å². The highest BCUT2D eigenvalue weighted by Crippen LogP contribution is 2.23. The number of nitrogens with one attached hydrogen (secondary N) is 2. The fraction of sp³-hybridized carbons (Fsp3) is 0.300. The van der Waals surface area contributed by atoms with E-state index >= 15 is 0 Å². The highest BCUT2D eigenvalue weighted by atomic mass is 19.3. The highest BCUT2D eigenvalue weighted by molar-refractivity contribution is 6.00. The van der Waals surface area contributed by atoms with Crippen LogP contribution in [-0.4, -0.2) is 25.0 Å². The molecule has 2 N–H and O–H groups in total. The number of carbonyl (C=O) groups is 2. The van der Waals surface area contributed by atoms with Crippen molar-refractivity contribution < 1.29 is 23.1 Å². The molecule has 144 valence electrons. The lowest BCUT2D eigenvalue weighted by Crippen LogP contribution is -2.33. The van der Waals surface area contributed by atoms with Crippen LogP contribution < -0.4 is 15.4 Å². The molecule has 0 aromatic heterocycles. The number of anilines is 1. The smallest absolute Gasteiger partial charge is 0.387 e. The largest absolute Gasteiger partial charge is 0.434 e. The molecule has 0 radical (unpaired) electrons. The molecule has 0 spiro atoms. The monoisotopic (exact) mass is 376 g/mol. The minimum Gasteiger partial charge on any atom is -0.434 e. The maximum atomic E-state index is 12.4. The molecular formula is C20H22F2N2O3. The van der Waals surface area contributed by atoms with Crippen LogP contribution in [0.3, 0.4) is 0 Å². The maximum absolute atomic E-state index is 12.4. The number of rotatable bonds is 6. The maximum Gasteiger partial charge on any atom is 0.387 e. The molecule has 0 saturated heterocycles. The summed E-state index contributed by atoms with van der Waals surface area (Å²) in [7, 11) is 0. The van der Waals surface area contributed by atoms with Crippen LogP contribution in [-0.2, 0) is 10.2 Å². The van der Waals surface area contributed by atoms with Crippen molar-refractivity contribution >= 4 is 17.5 Å². The third-order valence-electron chi connectivity index (χ3n) is 3.79. The summed E-state index contributed by atoms with van der Waals surface area (Å²) in [5.74, 6) is -1.35. The molecule has 0 bridgehead atoms. The fourth-order valence-corrected chi connectivity index (χ4v) is 2.37. The van der Waals surface area contributed by atoms with Gasteiger partial charge in [0.05, 0.1) is 12.1 Å². The summed E-state index contributed by atoms with van der Waals surface area (Å²) in [4.78, 5) is 24.2. The van der Waals surface area contributed by atoms with E-state index in [0.29, 0.717) is 5.69 Å². The molecular weight excluding hydrogens is 354 g/mol. The highest BCUT2D eigenvalue weighted by Gasteiger charge is 2.16. The average molecular weight is 376 g/mol. The normalized spacial score (nSPS) is 11.2. The Morgan fingerprint density at radius 2 is 1.67 bits per heavy atom. The molecule has 27 heavy (non-hydrogen) atoms. The quantitative estimate of drug-likeness (QED) is 0.802. The second-order valence-electron chi connectivity index (χ2n) is 6.93. The van der Waals surface area contributed by atoms with Gasteiger partial charge >= 0.3 is 6.61 Å². The average Bonchev–Trinajstić information content (AvgIpc) is 2.59. The third kappa shape index (κ3) is 6.06. The molecule has 0 saturated carbocycles. The Labute approximate surface area is 156 Å². The van der Waals surface area contributed by atoms with Gasteiger partial charge in [-0.1, -0.05) is 45.0 Å². The summed E-state index contributed by atoms with van der Waals surface area (Å²) in [6.45, 7) is 2.92. The number of ether oxygens (including phenoxy) is 1. The van der Waals surface area contributed by atoms with Gasteiger partial charge in [-0.2, -0.15) is 8.78 Å². The van der Waals surface area contributed by atoms with Gasteiger partial charge in [-0.15, -0.1) is 0 Å². The molecule has 0 unspecified atom stereocenters. The lowest BCUT2D eigenvalue weighted by atomic mass is 9.87. The molecule has 2 aromatic carbocycles. The Kier molecular flexibility index (Phi) is 6.50. The van der Waals surface area contributed by atoms with Crippen molar-refractivity contribution in [3.63, 3.8) is 0 Å². The SMILES string of the molecule is CC(C)(C)c1ccc(NC(=O)CNC(=O)c2ccccc2OC(F)F)cc1. The van der Waals surface area contributed by atoms with E-state index < -0.39 is 18.4 Å². The molecule has 2 rings (SSSR count). The molecule has 2 amide bonds. The molecule has 0 aliphatic heterocycles. The van der Waals surface area contributed by atoms with E-state index in [2.05, 4.69) is 36.1 Å². The number of carbonyl (C=O) groups excluding carboxylic acids is 2. The van der Waals surface area contributed by atoms with E-state index in [9.17, 15) is 18.4 Å². The number of hydrogen-bond donors (Lipinski definition) is 2. The number of hydrogen-bond acceptors (Lipinski definition) is 3. The van der Waals surface area contributed by atoms with Gasteiger partial charge in [-0.3, -0.25) is 9.59 Å². The Bertz CT molecular complexity index is 800. The zero-order valence-corrected chi connectivity index (χ0v) is 15.4. The van der Waals surface area contributed by atoms with Crippen molar-refractivity contribution in [2.75, 3.05) is 11.9 Å². The van der Waals surface area contributed by atoms with Gasteiger partial charge < -0.3 is 15.4 Å². The number of halogens is 2. The predicted molar refractivity (Wildman–Crippen MR) is 99.2 cm³/mol. The Hall–Kier alpha value is -2.96. The molecule has 0 fully saturated rings. The van der Waals surface area contributed by atoms with Crippen molar-refractivity contribution in [1.82, 2.24) is 5.32 Å². The minimum absolute atomic E-state index is 0.00417. The van der Waals surface area contributed by atoms with Crippen molar-refractivity contribution in [3.05, 3.63) is 59.7 Å². The summed E-state index contributed by atoms with van der Waals surface area (Å²) in [6, 6.07) is 13.0. The summed E-state index contributed by atoms with van der Waals surface area (Å²) in [6.07, 6.45) is 0. The minimum atomic E-state index is -3.04. The van der Waals surface area contributed by atoms with Gasteiger partial charge in [0.1, 0.15) is 5.75 Å². The molecule has 0 aliphatic carbocycles. The summed E-state index contributed by atoms with van der Waals surface area (Å²) in [5, 5.41) is 5.06. The van der Waals surface area contributed by atoms with Crippen molar-refractivity contribution in [2.24, 2.45) is 0 Å². The molecule has 2 aromatic rings. The topological polar surface area (TPSA) is 67.4 Å². The number of amides is 2. The second-order valence-corrected chi connectivity index (χ2v) is 6.93. The van der Waals surface area contributed by atoms with Crippen LogP contribution in [0.4, 0.5) is 14.5 Å². The molecule has 0 heterocycles. The van der Waals surface area contributed by atoms with Crippen molar-refractivity contribution in [2.45, 2.75) is 32.8 Å². The van der Waals surface area contributed by atoms with Gasteiger partial charge in [0.15, 0.2) is 0 Å². The van der Waals surface area contributed by atoms with Gasteiger partial charge in [-0.05, 0) is 35.2 Å². The van der Waals surface area contributed by atoms with Crippen molar-refractivity contribution in [1.29, 1.82) is 0 Å². The third-order valence-corrected chi connectivity index (χ3v) is 3.79. The van der Waals surface area contributed by atoms with Crippen LogP contribution in [0.2, 0.25) is 0 Å². The molecule has 7 heteroatoms. The van der Waals surface area contributed by atoms with Crippen LogP contribution in [0.25, 0.3) is 0 Å². The van der Waals surface area contributed by atoms with Gasteiger partial charge in [0.25, 0.3) is 5.91 Å². The van der Waals surface area contributed by atoms with E-state index in [-0.39, 0.29) is 23.3 Å². The summed E-state index contributed by atoms with van der Waals surface area (Å²) in [5.41, 5.74) is 1.66. The molecule has 0 atom stereocenters. The Morgan fingerprint density at radius 1 is 1.04 bits per heavy atom. The van der Waals surface area contributed by atoms with E-state index in [1.807, 2.05) is 12.1 Å². The first kappa shape index (κ1) is 20.4. The Morgan fingerprint density at radius 3 is 2.26 bits per heavy atom. The van der Waals surface area contributed by atoms with Crippen LogP contribution in [0, 0.1) is 0 Å². The zero-order chi connectivity index (χ0) is 20.0. The second kappa shape index (κ2) is 8.62. The van der Waals surface area contributed by atoms with E-state index in [0.717, 1.165) is 5.56 Å². The van der Waals surface area contributed by atoms with Gasteiger partial charge in [-0.25, -0.2) is 0 Å². The van der Waals surface area contributed by atoms with Crippen LogP contribution in [0.1, 0.15) is 36.7 Å². The lowest BCUT2D eigenvalue weighted by Gasteiger charge is -2.19. The predicted octanol–water partition coefficient (Wildman–Crippen LogP) is 3.95. The number of para-hydroxylation sites is 1. The first-order valence-electron chi connectivity index (χ1n) is 8.39. The number of alkyl halides is 2. The van der Waals surface area contributed by atoms with E-state index in [4.69, 9.17) is 0 Å². The van der Waals surface area contributed by atoms with Crippen molar-refractivity contribution in [3.8, 4) is 5.75 Å². The molecule has 0 aliphatic rings. The zero-order valence-electron chi connectivity index (χ0n) is 15.4. The molecule has 5 nitrogen and oxygen atoms in total. The number of benzene rings is 2. The van der Waals surface area contributed by atoms with Crippen LogP contribution in [0.5, 0.6) is 5.75 Å². The fourth-order valence-electron chi connectivity index (χ4n) is 2.37.